The van der Waals surface area contributed by atoms with Gasteiger partial charge in [-0.2, -0.15) is 0 Å². The molecule has 3 amide bonds. The number of hydrogen-bond acceptors (Lipinski definition) is 6. The summed E-state index contributed by atoms with van der Waals surface area (Å²) in [5.74, 6) is -3.77. The summed E-state index contributed by atoms with van der Waals surface area (Å²) < 4.78 is 0. The van der Waals surface area contributed by atoms with E-state index in [-0.39, 0.29) is 43.8 Å². The van der Waals surface area contributed by atoms with Gasteiger partial charge in [0.2, 0.25) is 5.91 Å². The number of carbonyl (C=O) groups is 4. The lowest BCUT2D eigenvalue weighted by Crippen LogP contribution is -2.52. The van der Waals surface area contributed by atoms with Crippen LogP contribution in [0.1, 0.15) is 24.0 Å². The van der Waals surface area contributed by atoms with Crippen molar-refractivity contribution < 1.29 is 34.5 Å². The number of aromatic hydroxyl groups is 1. The number of amides is 3. The fraction of sp³-hybridized carbons (Fsp3) is 0.407. The summed E-state index contributed by atoms with van der Waals surface area (Å²) in [6, 6.07) is 12.9. The number of carboxylic acid groups (broad SMARTS) is 2. The maximum absolute atomic E-state index is 13.3. The lowest BCUT2D eigenvalue weighted by Gasteiger charge is -2.28. The molecule has 0 aliphatic carbocycles. The highest BCUT2D eigenvalue weighted by Crippen LogP contribution is 2.13. The normalized spacial score (nSPS) is 16.3. The summed E-state index contributed by atoms with van der Waals surface area (Å²) in [5, 5.41) is 37.2. The molecular formula is C27H34N4O7. The van der Waals surface area contributed by atoms with Crippen molar-refractivity contribution >= 4 is 23.9 Å². The molecule has 11 heteroatoms. The third-order valence-corrected chi connectivity index (χ3v) is 6.46. The molecule has 1 aliphatic heterocycles. The van der Waals surface area contributed by atoms with Gasteiger partial charge >= 0.3 is 18.0 Å². The maximum Gasteiger partial charge on any atom is 0.326 e. The minimum atomic E-state index is -1.28. The van der Waals surface area contributed by atoms with Crippen LogP contribution in [0, 0.1) is 5.92 Å². The van der Waals surface area contributed by atoms with Crippen molar-refractivity contribution in [2.45, 2.75) is 37.8 Å². The molecule has 2 aromatic rings. The maximum atomic E-state index is 13.3. The first kappa shape index (κ1) is 28.5. The van der Waals surface area contributed by atoms with Crippen LogP contribution in [0.5, 0.6) is 5.75 Å². The van der Waals surface area contributed by atoms with E-state index in [1.165, 1.54) is 17.0 Å². The number of nitrogens with one attached hydrogen (secondary N) is 3. The van der Waals surface area contributed by atoms with Gasteiger partial charge in [-0.15, -0.1) is 0 Å². The van der Waals surface area contributed by atoms with Gasteiger partial charge < -0.3 is 36.2 Å². The van der Waals surface area contributed by atoms with E-state index in [0.29, 0.717) is 18.4 Å². The molecular weight excluding hydrogens is 492 g/mol. The number of aliphatic carboxylic acids is 2. The van der Waals surface area contributed by atoms with E-state index in [1.807, 2.05) is 30.3 Å². The van der Waals surface area contributed by atoms with E-state index in [0.717, 1.165) is 18.5 Å². The molecule has 1 heterocycles. The molecule has 1 fully saturated rings. The second kappa shape index (κ2) is 14.0. The largest absolute Gasteiger partial charge is 0.508 e. The van der Waals surface area contributed by atoms with Gasteiger partial charge in [0.25, 0.3) is 0 Å². The van der Waals surface area contributed by atoms with Gasteiger partial charge in [0.05, 0.1) is 12.0 Å². The van der Waals surface area contributed by atoms with Crippen molar-refractivity contribution in [2.24, 2.45) is 5.92 Å². The topological polar surface area (TPSA) is 168 Å². The van der Waals surface area contributed by atoms with Gasteiger partial charge in [-0.3, -0.25) is 9.59 Å². The number of phenols is 1. The molecule has 3 atom stereocenters. The van der Waals surface area contributed by atoms with Crippen LogP contribution in [-0.2, 0) is 27.2 Å². The SMILES string of the molecule is O=C(O)[C@H](CNC(=O)[C@@H]1CCCN1)CN(CCc1ccccc1)C(=O)N[C@@H](Cc1ccc(O)cc1)C(=O)O. The molecule has 38 heavy (non-hydrogen) atoms. The molecule has 1 saturated heterocycles. The third kappa shape index (κ3) is 8.77. The molecule has 3 rings (SSSR count). The van der Waals surface area contributed by atoms with Crippen LogP contribution in [0.3, 0.4) is 0 Å². The Bertz CT molecular complexity index is 1090. The van der Waals surface area contributed by atoms with Crippen molar-refractivity contribution in [3.63, 3.8) is 0 Å². The lowest BCUT2D eigenvalue weighted by molar-refractivity contribution is -0.142. The number of urea groups is 1. The Kier molecular flexibility index (Phi) is 10.5. The summed E-state index contributed by atoms with van der Waals surface area (Å²) >= 11 is 0. The van der Waals surface area contributed by atoms with Crippen LogP contribution in [0.15, 0.2) is 54.6 Å². The molecule has 2 aromatic carbocycles. The first-order valence-electron chi connectivity index (χ1n) is 12.6. The number of hydrogen-bond donors (Lipinski definition) is 6. The summed E-state index contributed by atoms with van der Waals surface area (Å²) in [7, 11) is 0. The van der Waals surface area contributed by atoms with Crippen LogP contribution in [0.25, 0.3) is 0 Å². The fourth-order valence-corrected chi connectivity index (χ4v) is 4.24. The Morgan fingerprint density at radius 2 is 1.68 bits per heavy atom. The van der Waals surface area contributed by atoms with E-state index in [1.54, 1.807) is 12.1 Å². The highest BCUT2D eigenvalue weighted by atomic mass is 16.4. The standard InChI is InChI=1S/C27H34N4O7/c32-21-10-8-19(9-11-21)15-23(26(36)37)30-27(38)31(14-12-18-5-2-1-3-6-18)17-20(25(34)35)16-29-24(33)22-7-4-13-28-22/h1-3,5-6,8-11,20,22-23,28,32H,4,7,12-17H2,(H,29,33)(H,30,38)(H,34,35)(H,36,37)/t20-,22+,23+/m1/s1. The zero-order chi connectivity index (χ0) is 27.5. The second-order valence-corrected chi connectivity index (χ2v) is 9.32. The van der Waals surface area contributed by atoms with Gasteiger partial charge in [-0.1, -0.05) is 42.5 Å². The van der Waals surface area contributed by atoms with E-state index < -0.39 is 29.9 Å². The molecule has 0 radical (unpaired) electrons. The molecule has 6 N–H and O–H groups in total. The van der Waals surface area contributed by atoms with Crippen molar-refractivity contribution in [2.75, 3.05) is 26.2 Å². The van der Waals surface area contributed by atoms with Crippen LogP contribution in [-0.4, -0.2) is 82.4 Å². The Morgan fingerprint density at radius 3 is 2.29 bits per heavy atom. The smallest absolute Gasteiger partial charge is 0.326 e. The van der Waals surface area contributed by atoms with Crippen molar-refractivity contribution in [1.82, 2.24) is 20.9 Å². The van der Waals surface area contributed by atoms with E-state index in [9.17, 15) is 34.5 Å². The first-order valence-corrected chi connectivity index (χ1v) is 12.6. The Morgan fingerprint density at radius 1 is 0.974 bits per heavy atom. The number of carboxylic acids is 2. The highest BCUT2D eigenvalue weighted by Gasteiger charge is 2.29. The van der Waals surface area contributed by atoms with Crippen LogP contribution < -0.4 is 16.0 Å². The van der Waals surface area contributed by atoms with Crippen molar-refractivity contribution in [3.05, 3.63) is 65.7 Å². The van der Waals surface area contributed by atoms with Gasteiger partial charge in [0.1, 0.15) is 11.8 Å². The summed E-state index contributed by atoms with van der Waals surface area (Å²) in [5.41, 5.74) is 1.52. The molecule has 0 aromatic heterocycles. The second-order valence-electron chi connectivity index (χ2n) is 9.32. The number of rotatable bonds is 13. The van der Waals surface area contributed by atoms with E-state index in [2.05, 4.69) is 16.0 Å². The van der Waals surface area contributed by atoms with Crippen LogP contribution >= 0.6 is 0 Å². The molecule has 0 saturated carbocycles. The molecule has 0 unspecified atom stereocenters. The Hall–Kier alpha value is -4.12. The van der Waals surface area contributed by atoms with Crippen molar-refractivity contribution in [1.29, 1.82) is 0 Å². The molecule has 204 valence electrons. The lowest BCUT2D eigenvalue weighted by atomic mass is 10.1. The average Bonchev–Trinajstić information content (AvgIpc) is 3.44. The van der Waals surface area contributed by atoms with E-state index >= 15 is 0 Å². The monoisotopic (exact) mass is 526 g/mol. The Balaban J connectivity index is 1.70. The minimum absolute atomic E-state index is 0.0271. The number of benzene rings is 2. The Labute approximate surface area is 220 Å². The van der Waals surface area contributed by atoms with Gasteiger partial charge in [0.15, 0.2) is 0 Å². The first-order chi connectivity index (χ1) is 18.2. The highest BCUT2D eigenvalue weighted by molar-refractivity contribution is 5.84. The van der Waals surface area contributed by atoms with Gasteiger partial charge in [-0.05, 0) is 49.1 Å². The van der Waals surface area contributed by atoms with Crippen LogP contribution in [0.4, 0.5) is 4.79 Å². The fourth-order valence-electron chi connectivity index (χ4n) is 4.24. The van der Waals surface area contributed by atoms with E-state index in [4.69, 9.17) is 0 Å². The minimum Gasteiger partial charge on any atom is -0.508 e. The molecule has 11 nitrogen and oxygen atoms in total. The zero-order valence-electron chi connectivity index (χ0n) is 21.0. The van der Waals surface area contributed by atoms with Gasteiger partial charge in [0, 0.05) is 26.1 Å². The van der Waals surface area contributed by atoms with Gasteiger partial charge in [-0.25, -0.2) is 9.59 Å². The number of carbonyl (C=O) groups excluding carboxylic acids is 2. The number of nitrogens with zero attached hydrogens (tertiary/aromatic N) is 1. The van der Waals surface area contributed by atoms with Crippen molar-refractivity contribution in [3.8, 4) is 5.75 Å². The summed E-state index contributed by atoms with van der Waals surface area (Å²) in [6.45, 7) is 0.474. The average molecular weight is 527 g/mol. The predicted molar refractivity (Wildman–Crippen MR) is 139 cm³/mol. The molecule has 1 aliphatic rings. The van der Waals surface area contributed by atoms with Crippen LogP contribution in [0.2, 0.25) is 0 Å². The molecule has 0 spiro atoms. The third-order valence-electron chi connectivity index (χ3n) is 6.46. The quantitative estimate of drug-likeness (QED) is 0.226. The summed E-state index contributed by atoms with van der Waals surface area (Å²) in [4.78, 5) is 50.8. The number of phenolic OH excluding ortho intramolecular Hbond substituents is 1. The zero-order valence-corrected chi connectivity index (χ0v) is 21.0. The summed E-state index contributed by atoms with van der Waals surface area (Å²) in [6.07, 6.45) is 1.94. The molecule has 0 bridgehead atoms. The predicted octanol–water partition coefficient (Wildman–Crippen LogP) is 1.21.